The van der Waals surface area contributed by atoms with Crippen molar-refractivity contribution in [1.29, 1.82) is 0 Å². The Morgan fingerprint density at radius 2 is 2.08 bits per heavy atom. The van der Waals surface area contributed by atoms with Gasteiger partial charge in [0.2, 0.25) is 0 Å². The topological polar surface area (TPSA) is 75.6 Å². The van der Waals surface area contributed by atoms with Crippen LogP contribution in [0.2, 0.25) is 5.02 Å². The summed E-state index contributed by atoms with van der Waals surface area (Å²) in [6, 6.07) is 4.53. The first kappa shape index (κ1) is 17.9. The van der Waals surface area contributed by atoms with Crippen molar-refractivity contribution in [3.8, 4) is 0 Å². The summed E-state index contributed by atoms with van der Waals surface area (Å²) in [4.78, 5) is 12.0. The van der Waals surface area contributed by atoms with Crippen LogP contribution in [-0.2, 0) is 12.7 Å². The van der Waals surface area contributed by atoms with E-state index in [2.05, 4.69) is 15.5 Å². The molecule has 0 spiro atoms. The summed E-state index contributed by atoms with van der Waals surface area (Å²) in [6.07, 6.45) is -1.85. The van der Waals surface area contributed by atoms with Crippen LogP contribution >= 0.6 is 11.6 Å². The highest BCUT2D eigenvalue weighted by Gasteiger charge is 2.33. The molecule has 0 unspecified atom stereocenters. The number of aromatic nitrogens is 4. The molecular weight excluding hydrogens is 378 g/mol. The standard InChI is InChI=1S/C15H10ClF4N5O/c16-11-3-9(17)2-1-8(11)6-25-7-10(5-21-25)22-14(26)12-4-13(24-23-12)15(18,19)20/h1-5,7H,6H2,(H,22,26)(H,23,24). The maximum Gasteiger partial charge on any atom is 0.432 e. The first-order chi connectivity index (χ1) is 12.2. The van der Waals surface area contributed by atoms with Crippen molar-refractivity contribution in [1.82, 2.24) is 20.0 Å². The predicted molar refractivity (Wildman–Crippen MR) is 84.3 cm³/mol. The van der Waals surface area contributed by atoms with Crippen LogP contribution in [0.25, 0.3) is 0 Å². The number of nitrogens with one attached hydrogen (secondary N) is 2. The van der Waals surface area contributed by atoms with Crippen LogP contribution in [0.5, 0.6) is 0 Å². The van der Waals surface area contributed by atoms with Crippen LogP contribution in [0.1, 0.15) is 21.7 Å². The van der Waals surface area contributed by atoms with Crippen molar-refractivity contribution in [3.63, 3.8) is 0 Å². The molecular formula is C15H10ClF4N5O. The SMILES string of the molecule is O=C(Nc1cnn(Cc2ccc(F)cc2Cl)c1)c1cc(C(F)(F)F)[nH]n1. The van der Waals surface area contributed by atoms with E-state index in [0.29, 0.717) is 11.6 Å². The van der Waals surface area contributed by atoms with Crippen LogP contribution < -0.4 is 5.32 Å². The summed E-state index contributed by atoms with van der Waals surface area (Å²) >= 11 is 5.94. The molecule has 1 aromatic carbocycles. The van der Waals surface area contributed by atoms with Gasteiger partial charge in [0.1, 0.15) is 11.5 Å². The second kappa shape index (κ2) is 6.79. The number of amides is 1. The van der Waals surface area contributed by atoms with Crippen LogP contribution in [0.4, 0.5) is 23.2 Å². The van der Waals surface area contributed by atoms with E-state index in [0.717, 1.165) is 0 Å². The van der Waals surface area contributed by atoms with Gasteiger partial charge in [-0.25, -0.2) is 4.39 Å². The van der Waals surface area contributed by atoms with Gasteiger partial charge in [0.15, 0.2) is 5.69 Å². The maximum absolute atomic E-state index is 13.0. The summed E-state index contributed by atoms with van der Waals surface area (Å²) in [5.41, 5.74) is -0.670. The minimum absolute atomic E-state index is 0.218. The smallest absolute Gasteiger partial charge is 0.318 e. The second-order valence-electron chi connectivity index (χ2n) is 5.28. The Morgan fingerprint density at radius 1 is 1.31 bits per heavy atom. The van der Waals surface area contributed by atoms with Gasteiger partial charge in [0, 0.05) is 17.3 Å². The number of nitrogens with zero attached hydrogens (tertiary/aromatic N) is 3. The lowest BCUT2D eigenvalue weighted by Gasteiger charge is -2.04. The van der Waals surface area contributed by atoms with Crippen LogP contribution in [0, 0.1) is 5.82 Å². The average Bonchev–Trinajstić information content (AvgIpc) is 3.19. The molecule has 0 saturated carbocycles. The number of rotatable bonds is 4. The Bertz CT molecular complexity index is 950. The fourth-order valence-electron chi connectivity index (χ4n) is 2.12. The number of alkyl halides is 3. The third kappa shape index (κ3) is 4.02. The fourth-order valence-corrected chi connectivity index (χ4v) is 2.34. The molecule has 11 heteroatoms. The van der Waals surface area contributed by atoms with Gasteiger partial charge in [-0.2, -0.15) is 23.4 Å². The van der Waals surface area contributed by atoms with Crippen molar-refractivity contribution in [2.75, 3.05) is 5.32 Å². The van der Waals surface area contributed by atoms with Crippen molar-refractivity contribution in [2.45, 2.75) is 12.7 Å². The Kier molecular flexibility index (Phi) is 4.68. The Morgan fingerprint density at radius 3 is 2.73 bits per heavy atom. The molecule has 3 aromatic rings. The Labute approximate surface area is 148 Å². The third-order valence-electron chi connectivity index (χ3n) is 3.35. The first-order valence-corrected chi connectivity index (χ1v) is 7.50. The summed E-state index contributed by atoms with van der Waals surface area (Å²) < 4.78 is 52.0. The summed E-state index contributed by atoms with van der Waals surface area (Å²) in [5, 5.41) is 11.7. The monoisotopic (exact) mass is 387 g/mol. The van der Waals surface area contributed by atoms with Gasteiger partial charge in [-0.1, -0.05) is 17.7 Å². The minimum Gasteiger partial charge on any atom is -0.318 e. The van der Waals surface area contributed by atoms with Crippen molar-refractivity contribution >= 4 is 23.2 Å². The largest absolute Gasteiger partial charge is 0.432 e. The molecule has 2 aromatic heterocycles. The maximum atomic E-state index is 13.0. The molecule has 3 rings (SSSR count). The van der Waals surface area contributed by atoms with E-state index in [1.807, 2.05) is 0 Å². The van der Waals surface area contributed by atoms with Crippen molar-refractivity contribution in [3.05, 3.63) is 64.5 Å². The molecule has 0 aliphatic carbocycles. The first-order valence-electron chi connectivity index (χ1n) is 7.13. The van der Waals surface area contributed by atoms with E-state index in [1.165, 1.54) is 35.3 Å². The van der Waals surface area contributed by atoms with Crippen molar-refractivity contribution in [2.24, 2.45) is 0 Å². The highest BCUT2D eigenvalue weighted by molar-refractivity contribution is 6.31. The highest BCUT2D eigenvalue weighted by atomic mass is 35.5. The number of carbonyl (C=O) groups excluding carboxylic acids is 1. The summed E-state index contributed by atoms with van der Waals surface area (Å²) in [6.45, 7) is 0.218. The number of halogens is 5. The summed E-state index contributed by atoms with van der Waals surface area (Å²) in [5.74, 6) is -1.29. The molecule has 26 heavy (non-hydrogen) atoms. The van der Waals surface area contributed by atoms with Gasteiger partial charge >= 0.3 is 6.18 Å². The van der Waals surface area contributed by atoms with E-state index in [-0.39, 0.29) is 17.3 Å². The molecule has 0 bridgehead atoms. The third-order valence-corrected chi connectivity index (χ3v) is 3.71. The summed E-state index contributed by atoms with van der Waals surface area (Å²) in [7, 11) is 0. The molecule has 0 aliphatic rings. The van der Waals surface area contributed by atoms with Crippen LogP contribution in [-0.4, -0.2) is 25.9 Å². The van der Waals surface area contributed by atoms with Crippen LogP contribution in [0.15, 0.2) is 36.7 Å². The van der Waals surface area contributed by atoms with E-state index in [1.54, 1.807) is 5.10 Å². The van der Waals surface area contributed by atoms with Gasteiger partial charge in [0.25, 0.3) is 5.91 Å². The Balaban J connectivity index is 1.68. The minimum atomic E-state index is -4.62. The van der Waals surface area contributed by atoms with Gasteiger partial charge in [0.05, 0.1) is 18.4 Å². The van der Waals surface area contributed by atoms with E-state index >= 15 is 0 Å². The van der Waals surface area contributed by atoms with E-state index < -0.39 is 29.3 Å². The normalized spacial score (nSPS) is 11.6. The molecule has 1 amide bonds. The van der Waals surface area contributed by atoms with E-state index in [9.17, 15) is 22.4 Å². The number of hydrogen-bond donors (Lipinski definition) is 2. The zero-order valence-electron chi connectivity index (χ0n) is 12.8. The highest BCUT2D eigenvalue weighted by Crippen LogP contribution is 2.27. The predicted octanol–water partition coefficient (Wildman–Crippen LogP) is 3.72. The molecule has 6 nitrogen and oxygen atoms in total. The number of hydrogen-bond acceptors (Lipinski definition) is 3. The molecule has 0 saturated heterocycles. The molecule has 0 fully saturated rings. The number of aromatic amines is 1. The van der Waals surface area contributed by atoms with Crippen molar-refractivity contribution < 1.29 is 22.4 Å². The average molecular weight is 388 g/mol. The number of carbonyl (C=O) groups is 1. The number of H-pyrrole nitrogens is 1. The Hall–Kier alpha value is -2.88. The van der Waals surface area contributed by atoms with Gasteiger partial charge in [-0.15, -0.1) is 0 Å². The lowest BCUT2D eigenvalue weighted by Crippen LogP contribution is -2.12. The quantitative estimate of drug-likeness (QED) is 0.670. The van der Waals surface area contributed by atoms with Gasteiger partial charge in [-0.3, -0.25) is 14.6 Å². The molecule has 136 valence electrons. The van der Waals surface area contributed by atoms with E-state index in [4.69, 9.17) is 11.6 Å². The van der Waals surface area contributed by atoms with Gasteiger partial charge < -0.3 is 5.32 Å². The fraction of sp³-hybridized carbons (Fsp3) is 0.133. The molecule has 2 N–H and O–H groups in total. The lowest BCUT2D eigenvalue weighted by molar-refractivity contribution is -0.141. The lowest BCUT2D eigenvalue weighted by atomic mass is 10.2. The number of anilines is 1. The molecule has 0 radical (unpaired) electrons. The van der Waals surface area contributed by atoms with Gasteiger partial charge in [-0.05, 0) is 17.7 Å². The molecule has 0 atom stereocenters. The zero-order chi connectivity index (χ0) is 18.9. The zero-order valence-corrected chi connectivity index (χ0v) is 13.6. The molecule has 2 heterocycles. The van der Waals surface area contributed by atoms with Crippen LogP contribution in [0.3, 0.4) is 0 Å². The number of benzene rings is 1. The second-order valence-corrected chi connectivity index (χ2v) is 5.69. The molecule has 0 aliphatic heterocycles.